The number of carbonyl (C=O) groups excluding carboxylic acids is 1. The van der Waals surface area contributed by atoms with Crippen LogP contribution in [-0.2, 0) is 17.6 Å². The predicted octanol–water partition coefficient (Wildman–Crippen LogP) is 4.53. The molecule has 1 unspecified atom stereocenters. The van der Waals surface area contributed by atoms with Gasteiger partial charge in [0.05, 0.1) is 17.6 Å². The minimum atomic E-state index is -0.351. The molecule has 1 aliphatic rings. The molecule has 1 atom stereocenters. The summed E-state index contributed by atoms with van der Waals surface area (Å²) in [6, 6.07) is 2.16. The van der Waals surface area contributed by atoms with Gasteiger partial charge in [0.1, 0.15) is 5.69 Å². The normalized spacial score (nSPS) is 17.6. The Hall–Kier alpha value is -2.10. The van der Waals surface area contributed by atoms with E-state index in [2.05, 4.69) is 38.4 Å². The second kappa shape index (κ2) is 6.08. The Morgan fingerprint density at radius 1 is 1.50 bits per heavy atom. The molecule has 128 valence electrons. The van der Waals surface area contributed by atoms with Gasteiger partial charge in [0, 0.05) is 11.3 Å². The average Bonchev–Trinajstić information content (AvgIpc) is 2.89. The van der Waals surface area contributed by atoms with Gasteiger partial charge in [-0.25, -0.2) is 4.79 Å². The number of fused-ring (bicyclic) bond motifs is 2. The van der Waals surface area contributed by atoms with Gasteiger partial charge in [-0.15, -0.1) is 0 Å². The first-order chi connectivity index (χ1) is 11.3. The van der Waals surface area contributed by atoms with E-state index in [1.807, 2.05) is 0 Å². The Morgan fingerprint density at radius 2 is 2.25 bits per heavy atom. The van der Waals surface area contributed by atoms with E-state index in [-0.39, 0.29) is 5.97 Å². The maximum atomic E-state index is 12.2. The Kier molecular flexibility index (Phi) is 4.24. The number of nitrogens with zero attached hydrogens (tertiary/aromatic N) is 1. The minimum Gasteiger partial charge on any atom is -0.461 e. The molecule has 2 aromatic rings. The highest BCUT2D eigenvalue weighted by molar-refractivity contribution is 6.01. The summed E-state index contributed by atoms with van der Waals surface area (Å²) < 4.78 is 5.14. The van der Waals surface area contributed by atoms with Crippen LogP contribution < -0.4 is 0 Å². The predicted molar refractivity (Wildman–Crippen MR) is 97.1 cm³/mol. The molecule has 0 amide bonds. The molecule has 0 radical (unpaired) electrons. The topological polar surface area (TPSA) is 55.0 Å². The van der Waals surface area contributed by atoms with Gasteiger partial charge in [-0.1, -0.05) is 33.4 Å². The number of rotatable bonds is 3. The zero-order valence-corrected chi connectivity index (χ0v) is 15.0. The molecule has 24 heavy (non-hydrogen) atoms. The van der Waals surface area contributed by atoms with E-state index in [1.54, 1.807) is 13.0 Å². The van der Waals surface area contributed by atoms with Crippen molar-refractivity contribution in [3.8, 4) is 0 Å². The number of nitrogens with one attached hydrogen (secondary N) is 1. The molecule has 1 N–H and O–H groups in total. The smallest absolute Gasteiger partial charge is 0.355 e. The standard InChI is InChI=1S/C20H26N2O2/c1-6-14-17-16(22-18(14)19(23)24-7-2)11-12-10-13(20(3,4)5)8-9-15(12)21-17/h6,11,13,22H,1,7-10H2,2-5H3. The molecule has 0 bridgehead atoms. The third kappa shape index (κ3) is 2.85. The zero-order valence-electron chi connectivity index (χ0n) is 15.0. The number of esters is 1. The molecule has 0 fully saturated rings. The molecule has 0 spiro atoms. The summed E-state index contributed by atoms with van der Waals surface area (Å²) in [5, 5.41) is 0. The fourth-order valence-electron chi connectivity index (χ4n) is 3.59. The van der Waals surface area contributed by atoms with Gasteiger partial charge in [0.15, 0.2) is 0 Å². The van der Waals surface area contributed by atoms with Crippen molar-refractivity contribution in [1.29, 1.82) is 0 Å². The van der Waals surface area contributed by atoms with Gasteiger partial charge >= 0.3 is 5.97 Å². The fraction of sp³-hybridized carbons (Fsp3) is 0.500. The molecule has 0 aromatic carbocycles. The minimum absolute atomic E-state index is 0.296. The average molecular weight is 326 g/mol. The van der Waals surface area contributed by atoms with Gasteiger partial charge < -0.3 is 9.72 Å². The van der Waals surface area contributed by atoms with Crippen LogP contribution in [0, 0.1) is 11.3 Å². The molecule has 3 rings (SSSR count). The number of aromatic amines is 1. The zero-order chi connectivity index (χ0) is 17.5. The van der Waals surface area contributed by atoms with E-state index in [9.17, 15) is 4.79 Å². The molecule has 0 saturated carbocycles. The number of H-pyrrole nitrogens is 1. The fourth-order valence-corrected chi connectivity index (χ4v) is 3.59. The maximum absolute atomic E-state index is 12.2. The lowest BCUT2D eigenvalue weighted by molar-refractivity contribution is 0.0520. The number of aryl methyl sites for hydroxylation is 1. The third-order valence-corrected chi connectivity index (χ3v) is 5.08. The van der Waals surface area contributed by atoms with Gasteiger partial charge in [-0.3, -0.25) is 4.98 Å². The number of ether oxygens (including phenoxy) is 1. The van der Waals surface area contributed by atoms with Crippen LogP contribution in [0.1, 0.15) is 61.4 Å². The van der Waals surface area contributed by atoms with Gasteiger partial charge in [-0.2, -0.15) is 0 Å². The lowest BCUT2D eigenvalue weighted by Crippen LogP contribution is -2.27. The highest BCUT2D eigenvalue weighted by atomic mass is 16.5. The van der Waals surface area contributed by atoms with Crippen LogP contribution in [-0.4, -0.2) is 22.5 Å². The van der Waals surface area contributed by atoms with Crippen LogP contribution >= 0.6 is 0 Å². The third-order valence-electron chi connectivity index (χ3n) is 5.08. The van der Waals surface area contributed by atoms with Crippen molar-refractivity contribution >= 4 is 23.1 Å². The van der Waals surface area contributed by atoms with Crippen LogP contribution in [0.3, 0.4) is 0 Å². The molecule has 1 aliphatic carbocycles. The van der Waals surface area contributed by atoms with Crippen molar-refractivity contribution in [2.75, 3.05) is 6.61 Å². The molecule has 4 heteroatoms. The highest BCUT2D eigenvalue weighted by Crippen LogP contribution is 2.38. The van der Waals surface area contributed by atoms with E-state index in [0.29, 0.717) is 23.6 Å². The molecular weight excluding hydrogens is 300 g/mol. The van der Waals surface area contributed by atoms with Crippen LogP contribution in [0.15, 0.2) is 12.6 Å². The summed E-state index contributed by atoms with van der Waals surface area (Å²) >= 11 is 0. The molecule has 2 heterocycles. The summed E-state index contributed by atoms with van der Waals surface area (Å²) in [5.74, 6) is 0.304. The number of hydrogen-bond acceptors (Lipinski definition) is 3. The first kappa shape index (κ1) is 16.7. The van der Waals surface area contributed by atoms with E-state index < -0.39 is 0 Å². The molecule has 4 nitrogen and oxygen atoms in total. The van der Waals surface area contributed by atoms with Gasteiger partial charge in [0.2, 0.25) is 0 Å². The Labute approximate surface area is 143 Å². The SMILES string of the molecule is C=Cc1c(C(=O)OCC)[nH]c2cc3c(nc12)CCC(C(C)(C)C)C3. The highest BCUT2D eigenvalue weighted by Gasteiger charge is 2.30. The van der Waals surface area contributed by atoms with Crippen LogP contribution in [0.4, 0.5) is 0 Å². The lowest BCUT2D eigenvalue weighted by atomic mass is 9.71. The number of aromatic nitrogens is 2. The summed E-state index contributed by atoms with van der Waals surface area (Å²) in [7, 11) is 0. The second-order valence-corrected chi connectivity index (χ2v) is 7.63. The van der Waals surface area contributed by atoms with Crippen molar-refractivity contribution < 1.29 is 9.53 Å². The Morgan fingerprint density at radius 3 is 2.88 bits per heavy atom. The van der Waals surface area contributed by atoms with E-state index in [4.69, 9.17) is 9.72 Å². The van der Waals surface area contributed by atoms with Crippen LogP contribution in [0.5, 0.6) is 0 Å². The largest absolute Gasteiger partial charge is 0.461 e. The summed E-state index contributed by atoms with van der Waals surface area (Å²) in [5.41, 5.74) is 5.64. The molecule has 0 saturated heterocycles. The summed E-state index contributed by atoms with van der Waals surface area (Å²) in [6.45, 7) is 12.9. The van der Waals surface area contributed by atoms with Gasteiger partial charge in [0.25, 0.3) is 0 Å². The molecule has 2 aromatic heterocycles. The van der Waals surface area contributed by atoms with Crippen molar-refractivity contribution in [3.05, 3.63) is 35.2 Å². The summed E-state index contributed by atoms with van der Waals surface area (Å²) in [6.07, 6.45) is 4.88. The van der Waals surface area contributed by atoms with Crippen molar-refractivity contribution in [1.82, 2.24) is 9.97 Å². The summed E-state index contributed by atoms with van der Waals surface area (Å²) in [4.78, 5) is 20.2. The van der Waals surface area contributed by atoms with Crippen molar-refractivity contribution in [2.24, 2.45) is 11.3 Å². The molecule has 0 aliphatic heterocycles. The van der Waals surface area contributed by atoms with Crippen LogP contribution in [0.25, 0.3) is 17.1 Å². The first-order valence-electron chi connectivity index (χ1n) is 8.69. The second-order valence-electron chi connectivity index (χ2n) is 7.63. The van der Waals surface area contributed by atoms with E-state index >= 15 is 0 Å². The Balaban J connectivity index is 2.07. The van der Waals surface area contributed by atoms with Crippen molar-refractivity contribution in [2.45, 2.75) is 47.0 Å². The van der Waals surface area contributed by atoms with E-state index in [0.717, 1.165) is 41.6 Å². The molecular formula is C20H26N2O2. The first-order valence-corrected chi connectivity index (χ1v) is 8.69. The monoisotopic (exact) mass is 326 g/mol. The maximum Gasteiger partial charge on any atom is 0.355 e. The number of hydrogen-bond donors (Lipinski definition) is 1. The Bertz CT molecular complexity index is 796. The van der Waals surface area contributed by atoms with Crippen LogP contribution in [0.2, 0.25) is 0 Å². The van der Waals surface area contributed by atoms with Crippen molar-refractivity contribution in [3.63, 3.8) is 0 Å². The number of pyridine rings is 1. The van der Waals surface area contributed by atoms with Gasteiger partial charge in [-0.05, 0) is 49.1 Å². The quantitative estimate of drug-likeness (QED) is 0.843. The van der Waals surface area contributed by atoms with E-state index in [1.165, 1.54) is 5.56 Å². The lowest BCUT2D eigenvalue weighted by Gasteiger charge is -2.34. The number of carbonyl (C=O) groups is 1.